The Morgan fingerprint density at radius 1 is 1.20 bits per heavy atom. The van der Waals surface area contributed by atoms with E-state index in [1.807, 2.05) is 0 Å². The van der Waals surface area contributed by atoms with Gasteiger partial charge in [-0.25, -0.2) is 0 Å². The van der Waals surface area contributed by atoms with Gasteiger partial charge >= 0.3 is 0 Å². The Labute approximate surface area is 65.5 Å². The van der Waals surface area contributed by atoms with Crippen LogP contribution in [-0.4, -0.2) is 25.9 Å². The molecule has 0 N–H and O–H groups in total. The predicted octanol–water partition coefficient (Wildman–Crippen LogP) is 2.31. The number of nitrogens with zero attached hydrogens (tertiary/aromatic N) is 1. The molecule has 0 saturated carbocycles. The molecule has 1 nitrogen and oxygen atoms in total. The average Bonchev–Trinajstić information content (AvgIpc) is 2.38. The first-order chi connectivity index (χ1) is 4.67. The third-order valence-electron chi connectivity index (χ3n) is 2.83. The van der Waals surface area contributed by atoms with E-state index in [1.165, 1.54) is 32.0 Å². The molecule has 0 aromatic rings. The van der Waals surface area contributed by atoms with Gasteiger partial charge in [0, 0.05) is 0 Å². The van der Waals surface area contributed by atoms with Crippen molar-refractivity contribution in [3.05, 3.63) is 0 Å². The molecule has 10 heavy (non-hydrogen) atoms. The molecular weight excluding hydrogens is 138 g/mol. The summed E-state index contributed by atoms with van der Waals surface area (Å²) in [7, 11) is -0.911. The van der Waals surface area contributed by atoms with Crippen LogP contribution in [0.4, 0.5) is 0 Å². The summed E-state index contributed by atoms with van der Waals surface area (Å²) in [6.45, 7) is 10.1. The lowest BCUT2D eigenvalue weighted by atomic mass is 10.4. The van der Waals surface area contributed by atoms with Crippen molar-refractivity contribution in [2.75, 3.05) is 13.1 Å². The first-order valence-electron chi connectivity index (χ1n) is 4.42. The summed E-state index contributed by atoms with van der Waals surface area (Å²) in [5, 5.41) is 0. The standard InChI is InChI=1S/C8H19NSi/c1-4-10(2,3)9-7-5-6-8-9/h4-8H2,1-3H3. The predicted molar refractivity (Wildman–Crippen MR) is 48.8 cm³/mol. The van der Waals surface area contributed by atoms with Crippen molar-refractivity contribution >= 4 is 8.24 Å². The molecule has 0 spiro atoms. The monoisotopic (exact) mass is 157 g/mol. The summed E-state index contributed by atoms with van der Waals surface area (Å²) in [5.74, 6) is 0. The smallest absolute Gasteiger partial charge is 0.121 e. The lowest BCUT2D eigenvalue weighted by molar-refractivity contribution is 0.519. The van der Waals surface area contributed by atoms with E-state index in [0.717, 1.165) is 0 Å². The fourth-order valence-electron chi connectivity index (χ4n) is 1.55. The van der Waals surface area contributed by atoms with Crippen molar-refractivity contribution in [3.8, 4) is 0 Å². The van der Waals surface area contributed by atoms with E-state index >= 15 is 0 Å². The van der Waals surface area contributed by atoms with E-state index in [0.29, 0.717) is 0 Å². The van der Waals surface area contributed by atoms with Crippen LogP contribution >= 0.6 is 0 Å². The van der Waals surface area contributed by atoms with E-state index in [1.54, 1.807) is 0 Å². The molecule has 0 bridgehead atoms. The molecular formula is C8H19NSi. The molecule has 0 aliphatic carbocycles. The fourth-order valence-corrected chi connectivity index (χ4v) is 3.52. The maximum absolute atomic E-state index is 2.74. The Kier molecular flexibility index (Phi) is 2.53. The zero-order valence-electron chi connectivity index (χ0n) is 7.48. The van der Waals surface area contributed by atoms with Crippen LogP contribution in [0.25, 0.3) is 0 Å². The van der Waals surface area contributed by atoms with Crippen LogP contribution in [-0.2, 0) is 0 Å². The highest BCUT2D eigenvalue weighted by Gasteiger charge is 2.28. The van der Waals surface area contributed by atoms with Crippen LogP contribution in [0.2, 0.25) is 19.1 Å². The van der Waals surface area contributed by atoms with E-state index in [4.69, 9.17) is 0 Å². The highest BCUT2D eigenvalue weighted by Crippen LogP contribution is 2.20. The summed E-state index contributed by atoms with van der Waals surface area (Å²) in [6, 6.07) is 1.41. The minimum atomic E-state index is -0.911. The first kappa shape index (κ1) is 8.28. The molecule has 0 unspecified atom stereocenters. The summed E-state index contributed by atoms with van der Waals surface area (Å²) in [4.78, 5) is 0. The van der Waals surface area contributed by atoms with Gasteiger partial charge in [-0.15, -0.1) is 0 Å². The zero-order valence-corrected chi connectivity index (χ0v) is 8.48. The molecule has 1 fully saturated rings. The Balaban J connectivity index is 2.45. The fraction of sp³-hybridized carbons (Fsp3) is 1.00. The summed E-state index contributed by atoms with van der Waals surface area (Å²) < 4.78 is 2.74. The molecule has 0 atom stereocenters. The maximum Gasteiger partial charge on any atom is 0.121 e. The SMILES string of the molecule is CC[Si](C)(C)N1CCCC1. The van der Waals surface area contributed by atoms with E-state index in [-0.39, 0.29) is 0 Å². The van der Waals surface area contributed by atoms with Crippen molar-refractivity contribution in [2.45, 2.75) is 38.9 Å². The largest absolute Gasteiger partial charge is 0.324 e. The van der Waals surface area contributed by atoms with Crippen LogP contribution in [0.15, 0.2) is 0 Å². The second kappa shape index (κ2) is 3.05. The van der Waals surface area contributed by atoms with Gasteiger partial charge in [-0.2, -0.15) is 0 Å². The van der Waals surface area contributed by atoms with Gasteiger partial charge in [-0.05, 0) is 32.0 Å². The number of hydrogen-bond acceptors (Lipinski definition) is 1. The molecule has 0 amide bonds. The van der Waals surface area contributed by atoms with E-state index in [9.17, 15) is 0 Å². The molecule has 1 aliphatic rings. The van der Waals surface area contributed by atoms with E-state index < -0.39 is 8.24 Å². The minimum absolute atomic E-state index is 0.911. The summed E-state index contributed by atoms with van der Waals surface area (Å²) in [5.41, 5.74) is 0. The quantitative estimate of drug-likeness (QED) is 0.556. The van der Waals surface area contributed by atoms with Crippen molar-refractivity contribution in [1.29, 1.82) is 0 Å². The molecule has 0 aromatic heterocycles. The van der Waals surface area contributed by atoms with Crippen molar-refractivity contribution in [2.24, 2.45) is 0 Å². The van der Waals surface area contributed by atoms with Crippen LogP contribution in [0, 0.1) is 0 Å². The molecule has 2 heteroatoms. The molecule has 1 rings (SSSR count). The van der Waals surface area contributed by atoms with Crippen LogP contribution in [0.3, 0.4) is 0 Å². The highest BCUT2D eigenvalue weighted by molar-refractivity contribution is 6.74. The Bertz CT molecular complexity index is 106. The normalized spacial score (nSPS) is 21.9. The van der Waals surface area contributed by atoms with Crippen LogP contribution in [0.5, 0.6) is 0 Å². The number of rotatable bonds is 2. The molecule has 0 aromatic carbocycles. The van der Waals surface area contributed by atoms with E-state index in [2.05, 4.69) is 24.6 Å². The lowest BCUT2D eigenvalue weighted by Crippen LogP contribution is -2.45. The van der Waals surface area contributed by atoms with Gasteiger partial charge < -0.3 is 4.57 Å². The van der Waals surface area contributed by atoms with Gasteiger partial charge in [0.15, 0.2) is 0 Å². The molecule has 60 valence electrons. The molecule has 1 heterocycles. The maximum atomic E-state index is 2.74. The lowest BCUT2D eigenvalue weighted by Gasteiger charge is -2.32. The summed E-state index contributed by atoms with van der Waals surface area (Å²) in [6.07, 6.45) is 2.88. The zero-order chi connectivity index (χ0) is 7.61. The van der Waals surface area contributed by atoms with Gasteiger partial charge in [0.2, 0.25) is 0 Å². The topological polar surface area (TPSA) is 3.24 Å². The minimum Gasteiger partial charge on any atom is -0.324 e. The van der Waals surface area contributed by atoms with Gasteiger partial charge in [-0.1, -0.05) is 20.0 Å². The Morgan fingerprint density at radius 2 is 1.70 bits per heavy atom. The summed E-state index contributed by atoms with van der Waals surface area (Å²) >= 11 is 0. The Hall–Kier alpha value is 0.177. The highest BCUT2D eigenvalue weighted by atomic mass is 28.3. The van der Waals surface area contributed by atoms with Gasteiger partial charge in [-0.3, -0.25) is 0 Å². The second-order valence-corrected chi connectivity index (χ2v) is 8.82. The number of hydrogen-bond donors (Lipinski definition) is 0. The van der Waals surface area contributed by atoms with Gasteiger partial charge in [0.05, 0.1) is 0 Å². The van der Waals surface area contributed by atoms with Crippen LogP contribution in [0.1, 0.15) is 19.8 Å². The third-order valence-corrected chi connectivity index (χ3v) is 6.72. The van der Waals surface area contributed by atoms with Gasteiger partial charge in [0.1, 0.15) is 8.24 Å². The first-order valence-corrected chi connectivity index (χ1v) is 7.57. The van der Waals surface area contributed by atoms with Crippen molar-refractivity contribution in [1.82, 2.24) is 4.57 Å². The Morgan fingerprint density at radius 3 is 2.10 bits per heavy atom. The second-order valence-electron chi connectivity index (χ2n) is 3.86. The van der Waals surface area contributed by atoms with Crippen molar-refractivity contribution in [3.63, 3.8) is 0 Å². The van der Waals surface area contributed by atoms with Crippen LogP contribution < -0.4 is 0 Å². The third kappa shape index (κ3) is 1.61. The van der Waals surface area contributed by atoms with Gasteiger partial charge in [0.25, 0.3) is 0 Å². The average molecular weight is 157 g/mol. The molecule has 1 saturated heterocycles. The molecule has 1 aliphatic heterocycles. The molecule has 0 radical (unpaired) electrons. The van der Waals surface area contributed by atoms with Crippen molar-refractivity contribution < 1.29 is 0 Å².